The quantitative estimate of drug-likeness (QED) is 0.349. The summed E-state index contributed by atoms with van der Waals surface area (Å²) < 4.78 is 7.86. The molecule has 3 aromatic carbocycles. The summed E-state index contributed by atoms with van der Waals surface area (Å²) in [7, 11) is 0. The fourth-order valence-corrected chi connectivity index (χ4v) is 4.35. The second-order valence-electron chi connectivity index (χ2n) is 8.52. The summed E-state index contributed by atoms with van der Waals surface area (Å²) >= 11 is 6.05. The van der Waals surface area contributed by atoms with E-state index in [4.69, 9.17) is 26.7 Å². The summed E-state index contributed by atoms with van der Waals surface area (Å²) in [5.41, 5.74) is 4.80. The minimum atomic E-state index is -0.133. The van der Waals surface area contributed by atoms with Gasteiger partial charge in [-0.05, 0) is 41.5 Å². The van der Waals surface area contributed by atoms with Crippen molar-refractivity contribution in [3.8, 4) is 17.3 Å². The normalized spacial score (nSPS) is 15.0. The van der Waals surface area contributed by atoms with Gasteiger partial charge in [-0.15, -0.1) is 0 Å². The molecule has 0 fully saturated rings. The lowest BCUT2D eigenvalue weighted by Crippen LogP contribution is -2.44. The molecule has 0 spiro atoms. The summed E-state index contributed by atoms with van der Waals surface area (Å²) in [4.78, 5) is 15.3. The van der Waals surface area contributed by atoms with Crippen LogP contribution in [0.2, 0.25) is 5.02 Å². The Labute approximate surface area is 208 Å². The van der Waals surface area contributed by atoms with E-state index in [1.165, 1.54) is 0 Å². The Hall–Kier alpha value is -3.92. The molecule has 0 N–H and O–H groups in total. The number of benzene rings is 3. The smallest absolute Gasteiger partial charge is 0.272 e. The van der Waals surface area contributed by atoms with Crippen LogP contribution in [0.4, 0.5) is 0 Å². The maximum atomic E-state index is 13.4. The third kappa shape index (κ3) is 5.12. The van der Waals surface area contributed by atoms with Crippen LogP contribution in [-0.2, 0) is 17.9 Å². The van der Waals surface area contributed by atoms with Gasteiger partial charge in [0.15, 0.2) is 0 Å². The van der Waals surface area contributed by atoms with Crippen molar-refractivity contribution in [1.29, 1.82) is 5.26 Å². The van der Waals surface area contributed by atoms with E-state index in [2.05, 4.69) is 6.07 Å². The van der Waals surface area contributed by atoms with Gasteiger partial charge in [-0.3, -0.25) is 9.48 Å². The average molecular weight is 483 g/mol. The zero-order chi connectivity index (χ0) is 24.2. The zero-order valence-corrected chi connectivity index (χ0v) is 19.7. The van der Waals surface area contributed by atoms with Crippen molar-refractivity contribution in [3.05, 3.63) is 112 Å². The maximum absolute atomic E-state index is 13.4. The first-order valence-corrected chi connectivity index (χ1v) is 11.7. The van der Waals surface area contributed by atoms with Gasteiger partial charge in [-0.25, -0.2) is 0 Å². The molecule has 5 rings (SSSR count). The molecule has 35 heavy (non-hydrogen) atoms. The predicted molar refractivity (Wildman–Crippen MR) is 134 cm³/mol. The lowest BCUT2D eigenvalue weighted by molar-refractivity contribution is 0.0431. The van der Waals surface area contributed by atoms with Gasteiger partial charge in [-0.2, -0.15) is 10.4 Å². The third-order valence-electron chi connectivity index (χ3n) is 6.04. The van der Waals surface area contributed by atoms with Crippen molar-refractivity contribution in [3.63, 3.8) is 0 Å². The molecule has 6 nitrogen and oxygen atoms in total. The van der Waals surface area contributed by atoms with Gasteiger partial charge < -0.3 is 9.64 Å². The van der Waals surface area contributed by atoms with Crippen LogP contribution >= 0.6 is 11.6 Å². The van der Waals surface area contributed by atoms with Gasteiger partial charge in [0.05, 0.1) is 36.6 Å². The molecule has 0 bridgehead atoms. The predicted octanol–water partition coefficient (Wildman–Crippen LogP) is 5.49. The SMILES string of the molecule is N#Cc1ccc(CN2CC(COCc3ccccc3)n3nc(-c4ccc(Cl)cc4)cc3C2=O)cc1. The molecule has 0 radical (unpaired) electrons. The van der Waals surface area contributed by atoms with Crippen LogP contribution in [0.1, 0.15) is 33.2 Å². The Kier molecular flexibility index (Phi) is 6.62. The van der Waals surface area contributed by atoms with Gasteiger partial charge in [0, 0.05) is 23.7 Å². The number of nitrogens with zero attached hydrogens (tertiary/aromatic N) is 4. The standard InChI is InChI=1S/C28H23ClN4O2/c29-24-12-10-23(11-13-24)26-14-27-28(34)32(16-21-8-6-20(15-30)7-9-21)17-25(33(27)31-26)19-35-18-22-4-2-1-3-5-22/h1-14,25H,16-19H2. The molecule has 7 heteroatoms. The molecule has 4 aromatic rings. The number of amides is 1. The number of aromatic nitrogens is 2. The molecule has 1 aromatic heterocycles. The van der Waals surface area contributed by atoms with Crippen molar-refractivity contribution in [2.75, 3.05) is 13.2 Å². The highest BCUT2D eigenvalue weighted by Gasteiger charge is 2.33. The summed E-state index contributed by atoms with van der Waals surface area (Å²) in [6.07, 6.45) is 0. The highest BCUT2D eigenvalue weighted by Crippen LogP contribution is 2.28. The minimum Gasteiger partial charge on any atom is -0.374 e. The van der Waals surface area contributed by atoms with E-state index in [0.29, 0.717) is 42.6 Å². The summed E-state index contributed by atoms with van der Waals surface area (Å²) in [6.45, 7) is 1.83. The van der Waals surface area contributed by atoms with E-state index in [-0.39, 0.29) is 11.9 Å². The summed E-state index contributed by atoms with van der Waals surface area (Å²) in [6, 6.07) is 28.6. The van der Waals surface area contributed by atoms with Crippen molar-refractivity contribution < 1.29 is 9.53 Å². The van der Waals surface area contributed by atoms with Gasteiger partial charge in [0.2, 0.25) is 0 Å². The molecule has 1 aliphatic heterocycles. The third-order valence-corrected chi connectivity index (χ3v) is 6.29. The molecule has 0 aliphatic carbocycles. The largest absolute Gasteiger partial charge is 0.374 e. The van der Waals surface area contributed by atoms with E-state index < -0.39 is 0 Å². The Morgan fingerprint density at radius 1 is 1.00 bits per heavy atom. The minimum absolute atomic E-state index is 0.0821. The zero-order valence-electron chi connectivity index (χ0n) is 19.0. The van der Waals surface area contributed by atoms with Crippen LogP contribution in [0.15, 0.2) is 84.9 Å². The van der Waals surface area contributed by atoms with Crippen molar-refractivity contribution in [1.82, 2.24) is 14.7 Å². The average Bonchev–Trinajstić information content (AvgIpc) is 3.34. The number of nitriles is 1. The number of hydrogen-bond acceptors (Lipinski definition) is 4. The number of halogens is 1. The van der Waals surface area contributed by atoms with E-state index in [1.807, 2.05) is 77.7 Å². The second kappa shape index (κ2) is 10.1. The molecule has 1 aliphatic rings. The maximum Gasteiger partial charge on any atom is 0.272 e. The van der Waals surface area contributed by atoms with Crippen LogP contribution in [0.3, 0.4) is 0 Å². The fourth-order valence-electron chi connectivity index (χ4n) is 4.22. The Balaban J connectivity index is 1.41. The topological polar surface area (TPSA) is 71.2 Å². The fraction of sp³-hybridized carbons (Fsp3) is 0.179. The number of hydrogen-bond donors (Lipinski definition) is 0. The van der Waals surface area contributed by atoms with E-state index >= 15 is 0 Å². The lowest BCUT2D eigenvalue weighted by Gasteiger charge is -2.33. The van der Waals surface area contributed by atoms with Gasteiger partial charge in [0.1, 0.15) is 5.69 Å². The number of rotatable bonds is 7. The molecule has 2 heterocycles. The van der Waals surface area contributed by atoms with Crippen molar-refractivity contribution in [2.24, 2.45) is 0 Å². The van der Waals surface area contributed by atoms with Gasteiger partial charge >= 0.3 is 0 Å². The molecule has 0 saturated carbocycles. The number of fused-ring (bicyclic) bond motifs is 1. The summed E-state index contributed by atoms with van der Waals surface area (Å²) in [5, 5.41) is 14.5. The molecule has 1 atom stereocenters. The molecule has 1 amide bonds. The molecular weight excluding hydrogens is 460 g/mol. The van der Waals surface area contributed by atoms with Crippen LogP contribution in [-0.4, -0.2) is 33.7 Å². The molecule has 0 saturated heterocycles. The molecular formula is C28H23ClN4O2. The number of carbonyl (C=O) groups is 1. The summed E-state index contributed by atoms with van der Waals surface area (Å²) in [5.74, 6) is -0.0821. The number of ether oxygens (including phenoxy) is 1. The second-order valence-corrected chi connectivity index (χ2v) is 8.95. The van der Waals surface area contributed by atoms with Crippen LogP contribution in [0.25, 0.3) is 11.3 Å². The van der Waals surface area contributed by atoms with Crippen LogP contribution < -0.4 is 0 Å². The first-order chi connectivity index (χ1) is 17.1. The van der Waals surface area contributed by atoms with Crippen LogP contribution in [0, 0.1) is 11.3 Å². The van der Waals surface area contributed by atoms with Gasteiger partial charge in [-0.1, -0.05) is 66.2 Å². The first kappa shape index (κ1) is 22.9. The highest BCUT2D eigenvalue weighted by atomic mass is 35.5. The Morgan fingerprint density at radius 3 is 2.46 bits per heavy atom. The monoisotopic (exact) mass is 482 g/mol. The highest BCUT2D eigenvalue weighted by molar-refractivity contribution is 6.30. The van der Waals surface area contributed by atoms with Crippen LogP contribution in [0.5, 0.6) is 0 Å². The number of carbonyl (C=O) groups excluding carboxylic acids is 1. The Morgan fingerprint density at radius 2 is 1.74 bits per heavy atom. The van der Waals surface area contributed by atoms with Crippen molar-refractivity contribution >= 4 is 17.5 Å². The van der Waals surface area contributed by atoms with Crippen molar-refractivity contribution in [2.45, 2.75) is 19.2 Å². The van der Waals surface area contributed by atoms with E-state index in [1.54, 1.807) is 16.8 Å². The first-order valence-electron chi connectivity index (χ1n) is 11.4. The van der Waals surface area contributed by atoms with E-state index in [0.717, 1.165) is 22.4 Å². The van der Waals surface area contributed by atoms with E-state index in [9.17, 15) is 4.79 Å². The molecule has 174 valence electrons. The Bertz CT molecular complexity index is 1360. The molecule has 1 unspecified atom stereocenters. The lowest BCUT2D eigenvalue weighted by atomic mass is 10.1. The van der Waals surface area contributed by atoms with Gasteiger partial charge in [0.25, 0.3) is 5.91 Å².